The number of pyridine rings is 1. The Hall–Kier alpha value is -2.22. The molecule has 102 valence electrons. The lowest BCUT2D eigenvalue weighted by Gasteiger charge is -2.12. The van der Waals surface area contributed by atoms with Gasteiger partial charge >= 0.3 is 6.18 Å². The molecule has 8 heteroatoms. The molecule has 0 saturated heterocycles. The third-order valence-electron chi connectivity index (χ3n) is 2.35. The quantitative estimate of drug-likeness (QED) is 0.589. The summed E-state index contributed by atoms with van der Waals surface area (Å²) in [4.78, 5) is 3.89. The fraction of sp³-hybridized carbons (Fsp3) is 0.182. The van der Waals surface area contributed by atoms with Crippen LogP contribution in [0.2, 0.25) is 0 Å². The van der Waals surface area contributed by atoms with Crippen molar-refractivity contribution in [3.05, 3.63) is 41.9 Å². The van der Waals surface area contributed by atoms with Crippen molar-refractivity contribution in [1.29, 1.82) is 0 Å². The van der Waals surface area contributed by atoms with Gasteiger partial charge in [-0.2, -0.15) is 13.2 Å². The molecule has 2 aromatic rings. The first kappa shape index (κ1) is 13.2. The summed E-state index contributed by atoms with van der Waals surface area (Å²) >= 11 is 0. The van der Waals surface area contributed by atoms with Crippen LogP contribution < -0.4 is 16.6 Å². The Morgan fingerprint density at radius 1 is 1.26 bits per heavy atom. The van der Waals surface area contributed by atoms with E-state index in [2.05, 4.69) is 15.7 Å². The normalized spacial score (nSPS) is 11.4. The molecular weight excluding hydrogens is 261 g/mol. The standard InChI is InChI=1S/C11H11F3N4O/c12-11(13,14)8-3-9(17-10(4-8)18-15)16-5-7-1-2-19-6-7/h1-4,6H,5,15H2,(H2,16,17,18). The maximum atomic E-state index is 12.7. The predicted octanol–water partition coefficient (Wildman–Crippen LogP) is 2.59. The van der Waals surface area contributed by atoms with Gasteiger partial charge in [-0.3, -0.25) is 0 Å². The summed E-state index contributed by atoms with van der Waals surface area (Å²) in [5, 5.41) is 2.77. The minimum Gasteiger partial charge on any atom is -0.472 e. The minimum absolute atomic E-state index is 0.0653. The van der Waals surface area contributed by atoms with Crippen LogP contribution in [0.15, 0.2) is 35.1 Å². The number of rotatable bonds is 4. The number of nitrogens with one attached hydrogen (secondary N) is 2. The van der Waals surface area contributed by atoms with Crippen LogP contribution >= 0.6 is 0 Å². The molecule has 5 nitrogen and oxygen atoms in total. The summed E-state index contributed by atoms with van der Waals surface area (Å²) in [7, 11) is 0. The molecule has 0 aliphatic rings. The van der Waals surface area contributed by atoms with E-state index in [0.717, 1.165) is 17.7 Å². The van der Waals surface area contributed by atoms with E-state index < -0.39 is 11.7 Å². The first-order valence-corrected chi connectivity index (χ1v) is 5.30. The first-order chi connectivity index (χ1) is 8.99. The molecule has 0 amide bonds. The molecule has 2 heterocycles. The molecular formula is C11H11F3N4O. The number of hydrogen-bond donors (Lipinski definition) is 3. The van der Waals surface area contributed by atoms with Crippen molar-refractivity contribution in [2.24, 2.45) is 5.84 Å². The van der Waals surface area contributed by atoms with Gasteiger partial charge in [-0.1, -0.05) is 0 Å². The maximum Gasteiger partial charge on any atom is 0.416 e. The van der Waals surface area contributed by atoms with Crippen molar-refractivity contribution >= 4 is 11.6 Å². The van der Waals surface area contributed by atoms with Crippen LogP contribution in [0.4, 0.5) is 24.8 Å². The van der Waals surface area contributed by atoms with Crippen LogP contribution in [0, 0.1) is 0 Å². The van der Waals surface area contributed by atoms with Gasteiger partial charge in [0.15, 0.2) is 0 Å². The van der Waals surface area contributed by atoms with Crippen molar-refractivity contribution in [1.82, 2.24) is 4.98 Å². The second kappa shape index (κ2) is 5.19. The molecule has 2 rings (SSSR count). The minimum atomic E-state index is -4.46. The van der Waals surface area contributed by atoms with Crippen molar-refractivity contribution in [2.45, 2.75) is 12.7 Å². The van der Waals surface area contributed by atoms with E-state index in [1.807, 2.05) is 0 Å². The van der Waals surface area contributed by atoms with Gasteiger partial charge in [0.05, 0.1) is 18.1 Å². The van der Waals surface area contributed by atoms with Gasteiger partial charge in [0.1, 0.15) is 11.6 Å². The van der Waals surface area contributed by atoms with Crippen molar-refractivity contribution < 1.29 is 17.6 Å². The van der Waals surface area contributed by atoms with Gasteiger partial charge in [-0.05, 0) is 18.2 Å². The molecule has 2 aromatic heterocycles. The van der Waals surface area contributed by atoms with Crippen molar-refractivity contribution in [3.63, 3.8) is 0 Å². The van der Waals surface area contributed by atoms with Crippen LogP contribution in [-0.4, -0.2) is 4.98 Å². The van der Waals surface area contributed by atoms with E-state index in [0.29, 0.717) is 6.54 Å². The zero-order valence-electron chi connectivity index (χ0n) is 9.66. The highest BCUT2D eigenvalue weighted by atomic mass is 19.4. The SMILES string of the molecule is NNc1cc(C(F)(F)F)cc(NCc2ccoc2)n1. The Morgan fingerprint density at radius 3 is 2.58 bits per heavy atom. The van der Waals surface area contributed by atoms with Crippen LogP contribution in [0.1, 0.15) is 11.1 Å². The number of alkyl halides is 3. The molecule has 4 N–H and O–H groups in total. The molecule has 0 radical (unpaired) electrons. The number of nitrogen functional groups attached to an aromatic ring is 1. The third kappa shape index (κ3) is 3.38. The number of nitrogens with two attached hydrogens (primary N) is 1. The number of halogens is 3. The molecule has 0 aromatic carbocycles. The van der Waals surface area contributed by atoms with Crippen LogP contribution in [0.25, 0.3) is 0 Å². The highest BCUT2D eigenvalue weighted by molar-refractivity contribution is 5.49. The predicted molar refractivity (Wildman–Crippen MR) is 63.1 cm³/mol. The molecule has 0 fully saturated rings. The van der Waals surface area contributed by atoms with Gasteiger partial charge in [-0.15, -0.1) is 0 Å². The largest absolute Gasteiger partial charge is 0.472 e. The Kier molecular flexibility index (Phi) is 3.61. The summed E-state index contributed by atoms with van der Waals surface area (Å²) in [6.07, 6.45) is -1.49. The molecule has 0 aliphatic carbocycles. The number of furan rings is 1. The monoisotopic (exact) mass is 272 g/mol. The molecule has 0 bridgehead atoms. The molecule has 0 unspecified atom stereocenters. The van der Waals surface area contributed by atoms with Crippen LogP contribution in [0.5, 0.6) is 0 Å². The summed E-state index contributed by atoms with van der Waals surface area (Å²) in [5.41, 5.74) is 2.07. The van der Waals surface area contributed by atoms with Crippen LogP contribution in [0.3, 0.4) is 0 Å². The molecule has 0 atom stereocenters. The van der Waals surface area contributed by atoms with Gasteiger partial charge in [0.25, 0.3) is 0 Å². The number of hydrogen-bond acceptors (Lipinski definition) is 5. The number of nitrogens with zero attached hydrogens (tertiary/aromatic N) is 1. The molecule has 19 heavy (non-hydrogen) atoms. The zero-order valence-corrected chi connectivity index (χ0v) is 9.66. The average Bonchev–Trinajstić information content (AvgIpc) is 2.88. The fourth-order valence-electron chi connectivity index (χ4n) is 1.44. The Morgan fingerprint density at radius 2 is 2.00 bits per heavy atom. The Labute approximate surface area is 106 Å². The lowest BCUT2D eigenvalue weighted by atomic mass is 10.2. The Bertz CT molecular complexity index is 539. The summed E-state index contributed by atoms with van der Waals surface area (Å²) in [6, 6.07) is 3.45. The molecule has 0 spiro atoms. The number of anilines is 2. The van der Waals surface area contributed by atoms with Gasteiger partial charge in [0.2, 0.25) is 0 Å². The summed E-state index contributed by atoms with van der Waals surface area (Å²) < 4.78 is 42.8. The average molecular weight is 272 g/mol. The smallest absolute Gasteiger partial charge is 0.416 e. The van der Waals surface area contributed by atoms with E-state index in [1.165, 1.54) is 12.5 Å². The zero-order chi connectivity index (χ0) is 13.9. The third-order valence-corrected chi connectivity index (χ3v) is 2.35. The van der Waals surface area contributed by atoms with E-state index in [4.69, 9.17) is 10.3 Å². The van der Waals surface area contributed by atoms with Gasteiger partial charge in [0, 0.05) is 12.1 Å². The van der Waals surface area contributed by atoms with Crippen molar-refractivity contribution in [3.8, 4) is 0 Å². The topological polar surface area (TPSA) is 76.1 Å². The number of hydrazine groups is 1. The maximum absolute atomic E-state index is 12.7. The lowest BCUT2D eigenvalue weighted by Crippen LogP contribution is -2.13. The van der Waals surface area contributed by atoms with E-state index in [9.17, 15) is 13.2 Å². The van der Waals surface area contributed by atoms with E-state index >= 15 is 0 Å². The van der Waals surface area contributed by atoms with E-state index in [1.54, 1.807) is 6.07 Å². The molecule has 0 saturated carbocycles. The highest BCUT2D eigenvalue weighted by Crippen LogP contribution is 2.31. The van der Waals surface area contributed by atoms with Gasteiger partial charge < -0.3 is 15.2 Å². The summed E-state index contributed by atoms with van der Waals surface area (Å²) in [5.74, 6) is 5.11. The molecule has 0 aliphatic heterocycles. The highest BCUT2D eigenvalue weighted by Gasteiger charge is 2.31. The van der Waals surface area contributed by atoms with Crippen LogP contribution in [-0.2, 0) is 12.7 Å². The fourth-order valence-corrected chi connectivity index (χ4v) is 1.44. The summed E-state index contributed by atoms with van der Waals surface area (Å²) in [6.45, 7) is 0.300. The second-order valence-corrected chi connectivity index (χ2v) is 3.75. The lowest BCUT2D eigenvalue weighted by molar-refractivity contribution is -0.137. The Balaban J connectivity index is 2.19. The van der Waals surface area contributed by atoms with Crippen molar-refractivity contribution in [2.75, 3.05) is 10.7 Å². The van der Waals surface area contributed by atoms with E-state index in [-0.39, 0.29) is 11.6 Å². The first-order valence-electron chi connectivity index (χ1n) is 5.30. The second-order valence-electron chi connectivity index (χ2n) is 3.75. The van der Waals surface area contributed by atoms with Gasteiger partial charge in [-0.25, -0.2) is 10.8 Å². The number of aromatic nitrogens is 1.